The highest BCUT2D eigenvalue weighted by molar-refractivity contribution is 7.99. The maximum Gasteiger partial charge on any atom is 0.282 e. The predicted octanol–water partition coefficient (Wildman–Crippen LogP) is 1.74. The number of rotatable bonds is 3. The molecule has 2 heterocycles. The predicted molar refractivity (Wildman–Crippen MR) is 52.8 cm³/mol. The summed E-state index contributed by atoms with van der Waals surface area (Å²) in [4.78, 5) is 14.4. The van der Waals surface area contributed by atoms with E-state index in [0.29, 0.717) is 21.7 Å². The minimum Gasteiger partial charge on any atom is -0.416 e. The molecule has 76 valence electrons. The van der Waals surface area contributed by atoms with Crippen molar-refractivity contribution >= 4 is 18.0 Å². The second-order valence-electron chi connectivity index (χ2n) is 2.74. The van der Waals surface area contributed by atoms with Gasteiger partial charge in [0.25, 0.3) is 5.22 Å². The highest BCUT2D eigenvalue weighted by Crippen LogP contribution is 2.23. The molecule has 0 N–H and O–H groups in total. The van der Waals surface area contributed by atoms with E-state index < -0.39 is 0 Å². The van der Waals surface area contributed by atoms with E-state index in [1.54, 1.807) is 19.1 Å². The van der Waals surface area contributed by atoms with Crippen molar-refractivity contribution in [3.63, 3.8) is 0 Å². The van der Waals surface area contributed by atoms with E-state index >= 15 is 0 Å². The molecule has 0 saturated carbocycles. The van der Waals surface area contributed by atoms with Gasteiger partial charge in [0.15, 0.2) is 6.29 Å². The Bertz CT molecular complexity index is 466. The molecule has 6 heteroatoms. The fourth-order valence-corrected chi connectivity index (χ4v) is 1.60. The first-order valence-electron chi connectivity index (χ1n) is 4.17. The third-order valence-corrected chi connectivity index (χ3v) is 2.38. The maximum absolute atomic E-state index is 10.4. The number of aromatic nitrogens is 3. The van der Waals surface area contributed by atoms with Crippen LogP contribution in [0.3, 0.4) is 0 Å². The highest BCUT2D eigenvalue weighted by Gasteiger charge is 2.05. The Morgan fingerprint density at radius 1 is 1.40 bits per heavy atom. The SMILES string of the molecule is Cc1nnc(Sc2ccc(C=O)cn2)o1. The average molecular weight is 221 g/mol. The number of nitrogens with zero attached hydrogens (tertiary/aromatic N) is 3. The Labute approximate surface area is 89.9 Å². The van der Waals surface area contributed by atoms with Crippen LogP contribution in [0.2, 0.25) is 0 Å². The number of carbonyl (C=O) groups excluding carboxylic acids is 1. The topological polar surface area (TPSA) is 68.9 Å². The third-order valence-electron chi connectivity index (χ3n) is 1.59. The minimum absolute atomic E-state index is 0.443. The molecule has 0 fully saturated rings. The van der Waals surface area contributed by atoms with Gasteiger partial charge in [-0.1, -0.05) is 0 Å². The van der Waals surface area contributed by atoms with Crippen molar-refractivity contribution in [1.82, 2.24) is 15.2 Å². The lowest BCUT2D eigenvalue weighted by molar-refractivity contribution is 0.112. The second-order valence-corrected chi connectivity index (χ2v) is 3.71. The number of hydrogen-bond donors (Lipinski definition) is 0. The van der Waals surface area contributed by atoms with E-state index in [9.17, 15) is 4.79 Å². The summed E-state index contributed by atoms with van der Waals surface area (Å²) < 4.78 is 5.18. The van der Waals surface area contributed by atoms with Crippen molar-refractivity contribution in [2.24, 2.45) is 0 Å². The Morgan fingerprint density at radius 3 is 2.80 bits per heavy atom. The number of carbonyl (C=O) groups is 1. The zero-order valence-corrected chi connectivity index (χ0v) is 8.69. The van der Waals surface area contributed by atoms with Crippen LogP contribution in [-0.4, -0.2) is 21.5 Å². The lowest BCUT2D eigenvalue weighted by atomic mass is 10.3. The molecule has 0 saturated heterocycles. The first kappa shape index (κ1) is 9.85. The fourth-order valence-electron chi connectivity index (χ4n) is 0.931. The largest absolute Gasteiger partial charge is 0.416 e. The molecule has 0 aliphatic rings. The number of aryl methyl sites for hydroxylation is 1. The minimum atomic E-state index is 0.443. The average Bonchev–Trinajstić information content (AvgIpc) is 2.65. The van der Waals surface area contributed by atoms with Gasteiger partial charge < -0.3 is 4.42 Å². The van der Waals surface area contributed by atoms with E-state index in [2.05, 4.69) is 15.2 Å². The number of pyridine rings is 1. The van der Waals surface area contributed by atoms with E-state index in [4.69, 9.17) is 4.42 Å². The standard InChI is InChI=1S/C9H7N3O2S/c1-6-11-12-9(14-6)15-8-3-2-7(5-13)4-10-8/h2-5H,1H3. The van der Waals surface area contributed by atoms with Crippen LogP contribution in [0.1, 0.15) is 16.2 Å². The van der Waals surface area contributed by atoms with Crippen molar-refractivity contribution in [1.29, 1.82) is 0 Å². The third kappa shape index (κ3) is 2.41. The van der Waals surface area contributed by atoms with Crippen molar-refractivity contribution < 1.29 is 9.21 Å². The van der Waals surface area contributed by atoms with Crippen LogP contribution in [0.4, 0.5) is 0 Å². The summed E-state index contributed by atoms with van der Waals surface area (Å²) in [5.41, 5.74) is 0.543. The molecule has 0 aromatic carbocycles. The molecule has 0 spiro atoms. The Kier molecular flexibility index (Phi) is 2.77. The fraction of sp³-hybridized carbons (Fsp3) is 0.111. The molecule has 0 aliphatic heterocycles. The molecule has 2 aromatic rings. The molecular weight excluding hydrogens is 214 g/mol. The molecule has 0 atom stereocenters. The van der Waals surface area contributed by atoms with Gasteiger partial charge in [-0.05, 0) is 23.9 Å². The molecule has 0 amide bonds. The van der Waals surface area contributed by atoms with Gasteiger partial charge in [0.05, 0.1) is 0 Å². The van der Waals surface area contributed by atoms with Crippen LogP contribution in [0.15, 0.2) is 33.0 Å². The summed E-state index contributed by atoms with van der Waals surface area (Å²) >= 11 is 1.26. The molecule has 0 bridgehead atoms. The van der Waals surface area contributed by atoms with Crippen LogP contribution in [0.25, 0.3) is 0 Å². The Hall–Kier alpha value is -1.69. The van der Waals surface area contributed by atoms with Crippen LogP contribution in [-0.2, 0) is 0 Å². The first-order valence-corrected chi connectivity index (χ1v) is 4.99. The first-order chi connectivity index (χ1) is 7.28. The number of hydrogen-bond acceptors (Lipinski definition) is 6. The lowest BCUT2D eigenvalue weighted by Crippen LogP contribution is -1.84. The van der Waals surface area contributed by atoms with Crippen molar-refractivity contribution in [2.45, 2.75) is 17.2 Å². The molecule has 2 rings (SSSR count). The summed E-state index contributed by atoms with van der Waals surface area (Å²) in [6, 6.07) is 3.42. The van der Waals surface area contributed by atoms with Crippen LogP contribution < -0.4 is 0 Å². The van der Waals surface area contributed by atoms with Crippen molar-refractivity contribution in [3.05, 3.63) is 29.8 Å². The molecule has 15 heavy (non-hydrogen) atoms. The molecule has 5 nitrogen and oxygen atoms in total. The van der Waals surface area contributed by atoms with Crippen LogP contribution >= 0.6 is 11.8 Å². The normalized spacial score (nSPS) is 10.2. The van der Waals surface area contributed by atoms with E-state index in [0.717, 1.165) is 6.29 Å². The van der Waals surface area contributed by atoms with Gasteiger partial charge in [0, 0.05) is 18.7 Å². The zero-order valence-electron chi connectivity index (χ0n) is 7.88. The van der Waals surface area contributed by atoms with Gasteiger partial charge >= 0.3 is 0 Å². The molecule has 0 radical (unpaired) electrons. The summed E-state index contributed by atoms with van der Waals surface area (Å²) in [5.74, 6) is 0.516. The Morgan fingerprint density at radius 2 is 2.27 bits per heavy atom. The van der Waals surface area contributed by atoms with Gasteiger partial charge in [-0.15, -0.1) is 10.2 Å². The summed E-state index contributed by atoms with van der Waals surface area (Å²) in [6.07, 6.45) is 2.25. The summed E-state index contributed by atoms with van der Waals surface area (Å²) in [5, 5.41) is 8.67. The molecular formula is C9H7N3O2S. The van der Waals surface area contributed by atoms with Crippen LogP contribution in [0, 0.1) is 6.92 Å². The van der Waals surface area contributed by atoms with Gasteiger partial charge in [0.2, 0.25) is 5.89 Å². The van der Waals surface area contributed by atoms with Crippen LogP contribution in [0.5, 0.6) is 0 Å². The van der Waals surface area contributed by atoms with Gasteiger partial charge in [0.1, 0.15) is 5.03 Å². The van der Waals surface area contributed by atoms with E-state index in [-0.39, 0.29) is 0 Å². The summed E-state index contributed by atoms with van der Waals surface area (Å²) in [6.45, 7) is 1.72. The Balaban J connectivity index is 2.14. The smallest absolute Gasteiger partial charge is 0.282 e. The lowest BCUT2D eigenvalue weighted by Gasteiger charge is -1.94. The van der Waals surface area contributed by atoms with E-state index in [1.807, 2.05) is 0 Å². The van der Waals surface area contributed by atoms with E-state index in [1.165, 1.54) is 18.0 Å². The van der Waals surface area contributed by atoms with Crippen molar-refractivity contribution in [3.8, 4) is 0 Å². The van der Waals surface area contributed by atoms with Gasteiger partial charge in [-0.3, -0.25) is 4.79 Å². The monoisotopic (exact) mass is 221 g/mol. The highest BCUT2D eigenvalue weighted by atomic mass is 32.2. The maximum atomic E-state index is 10.4. The molecule has 0 unspecified atom stereocenters. The summed E-state index contributed by atoms with van der Waals surface area (Å²) in [7, 11) is 0. The molecule has 0 aliphatic carbocycles. The zero-order chi connectivity index (χ0) is 10.7. The van der Waals surface area contributed by atoms with Gasteiger partial charge in [-0.2, -0.15) is 0 Å². The second kappa shape index (κ2) is 4.22. The quantitative estimate of drug-likeness (QED) is 0.735. The molecule has 2 aromatic heterocycles. The van der Waals surface area contributed by atoms with Crippen molar-refractivity contribution in [2.75, 3.05) is 0 Å². The van der Waals surface area contributed by atoms with Gasteiger partial charge in [-0.25, -0.2) is 4.98 Å². The number of aldehydes is 1.